The molecule has 0 saturated carbocycles. The second-order valence-corrected chi connectivity index (χ2v) is 9.12. The summed E-state index contributed by atoms with van der Waals surface area (Å²) in [6, 6.07) is 0. The summed E-state index contributed by atoms with van der Waals surface area (Å²) in [5.74, 6) is -39.4. The van der Waals surface area contributed by atoms with Gasteiger partial charge in [0.05, 0.1) is 33.4 Å². The highest BCUT2D eigenvalue weighted by Crippen LogP contribution is 2.60. The number of hydrogen-bond acceptors (Lipinski definition) is 2. The summed E-state index contributed by atoms with van der Waals surface area (Å²) < 4.78 is 169. The number of quaternary nitrogens is 1. The third kappa shape index (κ3) is 7.18. The van der Waals surface area contributed by atoms with Crippen molar-refractivity contribution in [1.82, 2.24) is 5.32 Å². The van der Waals surface area contributed by atoms with Crippen molar-refractivity contribution in [3.63, 3.8) is 0 Å². The quantitative estimate of drug-likeness (QED) is 0.202. The van der Waals surface area contributed by atoms with E-state index < -0.39 is 59.6 Å². The van der Waals surface area contributed by atoms with Crippen molar-refractivity contribution in [3.8, 4) is 0 Å². The van der Waals surface area contributed by atoms with E-state index >= 15 is 0 Å². The van der Waals surface area contributed by atoms with E-state index in [1.165, 1.54) is 0 Å². The first-order valence-corrected chi connectivity index (χ1v) is 10.1. The maximum atomic E-state index is 13.6. The average molecular weight is 537 g/mol. The Balaban J connectivity index is 5.08. The lowest BCUT2D eigenvalue weighted by Crippen LogP contribution is -2.70. The number of carbonyl (C=O) groups excluding carboxylic acids is 1. The van der Waals surface area contributed by atoms with Crippen LogP contribution in [0.3, 0.4) is 0 Å². The summed E-state index contributed by atoms with van der Waals surface area (Å²) >= 11 is 0.206. The van der Waals surface area contributed by atoms with Gasteiger partial charge in [-0.1, -0.05) is 0 Å². The molecule has 0 saturated heterocycles. The Labute approximate surface area is 184 Å². The average Bonchev–Trinajstić information content (AvgIpc) is 2.60. The molecule has 0 atom stereocenters. The molecule has 0 rings (SSSR count). The highest BCUT2D eigenvalue weighted by Gasteiger charge is 2.90. The standard InChI is InChI=1S/C16H21F13N2OS/c1-31(2,3)7-4-6-30-10(32)9-33-8-5-11(17,18)12(19,20)13(21,22)14(23,24)15(25,26)16(27,28)29/h4-9H2,1-3H3/p+1. The van der Waals surface area contributed by atoms with E-state index in [0.717, 1.165) is 0 Å². The van der Waals surface area contributed by atoms with E-state index in [-0.39, 0.29) is 18.3 Å². The molecule has 1 N–H and O–H groups in total. The Kier molecular flexibility index (Phi) is 9.89. The van der Waals surface area contributed by atoms with Crippen LogP contribution >= 0.6 is 11.8 Å². The minimum absolute atomic E-state index is 0.165. The summed E-state index contributed by atoms with van der Waals surface area (Å²) in [7, 11) is 5.58. The summed E-state index contributed by atoms with van der Waals surface area (Å²) in [6.07, 6.45) is -9.24. The van der Waals surface area contributed by atoms with Gasteiger partial charge in [-0.3, -0.25) is 4.79 Å². The van der Waals surface area contributed by atoms with Gasteiger partial charge in [-0.15, -0.1) is 0 Å². The molecule has 0 aromatic heterocycles. The van der Waals surface area contributed by atoms with Crippen LogP contribution in [0.1, 0.15) is 12.8 Å². The molecule has 198 valence electrons. The van der Waals surface area contributed by atoms with Gasteiger partial charge in [-0.25, -0.2) is 0 Å². The molecule has 1 amide bonds. The number of hydrogen-bond donors (Lipinski definition) is 1. The van der Waals surface area contributed by atoms with Crippen molar-refractivity contribution in [1.29, 1.82) is 0 Å². The van der Waals surface area contributed by atoms with Crippen molar-refractivity contribution in [2.24, 2.45) is 0 Å². The van der Waals surface area contributed by atoms with E-state index in [1.54, 1.807) is 0 Å². The highest BCUT2D eigenvalue weighted by atomic mass is 32.2. The summed E-state index contributed by atoms with van der Waals surface area (Å²) in [6.45, 7) is 0.804. The van der Waals surface area contributed by atoms with E-state index in [9.17, 15) is 61.9 Å². The van der Waals surface area contributed by atoms with Crippen LogP contribution in [0.25, 0.3) is 0 Å². The molecule has 0 spiro atoms. The van der Waals surface area contributed by atoms with Crippen molar-refractivity contribution >= 4 is 17.7 Å². The van der Waals surface area contributed by atoms with Crippen molar-refractivity contribution in [2.75, 3.05) is 45.7 Å². The van der Waals surface area contributed by atoms with Gasteiger partial charge in [0, 0.05) is 19.4 Å². The molecule has 0 radical (unpaired) electrons. The zero-order valence-electron chi connectivity index (χ0n) is 17.4. The number of carbonyl (C=O) groups is 1. The number of nitrogens with zero attached hydrogens (tertiary/aromatic N) is 1. The Hall–Kier alpha value is -1.13. The van der Waals surface area contributed by atoms with Gasteiger partial charge in [0.2, 0.25) is 5.91 Å². The Morgan fingerprint density at radius 1 is 0.758 bits per heavy atom. The zero-order valence-corrected chi connectivity index (χ0v) is 18.2. The lowest BCUT2D eigenvalue weighted by atomic mass is 9.93. The van der Waals surface area contributed by atoms with Crippen LogP contribution in [0, 0.1) is 0 Å². The number of amides is 1. The number of halogens is 13. The largest absolute Gasteiger partial charge is 0.460 e. The molecule has 0 bridgehead atoms. The number of rotatable bonds is 13. The van der Waals surface area contributed by atoms with Crippen LogP contribution < -0.4 is 5.32 Å². The predicted molar refractivity (Wildman–Crippen MR) is 93.3 cm³/mol. The fourth-order valence-corrected chi connectivity index (χ4v) is 2.99. The fraction of sp³-hybridized carbons (Fsp3) is 0.938. The third-order valence-corrected chi connectivity index (χ3v) is 5.08. The monoisotopic (exact) mass is 537 g/mol. The molecule has 3 nitrogen and oxygen atoms in total. The Bertz CT molecular complexity index is 660. The first kappa shape index (κ1) is 31.9. The highest BCUT2D eigenvalue weighted by molar-refractivity contribution is 7.99. The maximum Gasteiger partial charge on any atom is 0.460 e. The van der Waals surface area contributed by atoms with Gasteiger partial charge >= 0.3 is 35.8 Å². The van der Waals surface area contributed by atoms with Gasteiger partial charge in [-0.05, 0) is 5.75 Å². The minimum Gasteiger partial charge on any atom is -0.355 e. The van der Waals surface area contributed by atoms with E-state index in [2.05, 4.69) is 5.32 Å². The van der Waals surface area contributed by atoms with Gasteiger partial charge in [-0.2, -0.15) is 68.8 Å². The lowest BCUT2D eigenvalue weighted by molar-refractivity contribution is -0.870. The molecule has 0 aliphatic rings. The van der Waals surface area contributed by atoms with E-state index in [4.69, 9.17) is 0 Å². The maximum absolute atomic E-state index is 13.6. The predicted octanol–water partition coefficient (Wildman–Crippen LogP) is 5.06. The first-order valence-electron chi connectivity index (χ1n) is 8.96. The molecular weight excluding hydrogens is 515 g/mol. The summed E-state index contributed by atoms with van der Waals surface area (Å²) in [5, 5.41) is 2.34. The van der Waals surface area contributed by atoms with E-state index in [1.807, 2.05) is 21.1 Å². The topological polar surface area (TPSA) is 29.1 Å². The van der Waals surface area contributed by atoms with Gasteiger partial charge in [0.25, 0.3) is 0 Å². The zero-order chi connectivity index (χ0) is 26.7. The normalized spacial score (nSPS) is 15.0. The van der Waals surface area contributed by atoms with E-state index in [0.29, 0.717) is 17.4 Å². The van der Waals surface area contributed by atoms with Crippen LogP contribution in [-0.2, 0) is 4.79 Å². The molecule has 0 fully saturated rings. The fourth-order valence-electron chi connectivity index (χ4n) is 2.16. The van der Waals surface area contributed by atoms with Crippen LogP contribution in [-0.4, -0.2) is 91.9 Å². The second-order valence-electron chi connectivity index (χ2n) is 8.02. The lowest BCUT2D eigenvalue weighted by Gasteiger charge is -2.39. The molecule has 33 heavy (non-hydrogen) atoms. The molecule has 17 heteroatoms. The van der Waals surface area contributed by atoms with Crippen LogP contribution in [0.2, 0.25) is 0 Å². The molecule has 0 aromatic rings. The molecule has 0 heterocycles. The molecular formula is C16H22F13N2OS+. The van der Waals surface area contributed by atoms with Gasteiger partial charge < -0.3 is 9.80 Å². The smallest absolute Gasteiger partial charge is 0.355 e. The molecule has 0 aliphatic heterocycles. The summed E-state index contributed by atoms with van der Waals surface area (Å²) in [4.78, 5) is 11.5. The number of alkyl halides is 13. The third-order valence-electron chi connectivity index (χ3n) is 4.12. The number of nitrogens with one attached hydrogen (secondary N) is 1. The molecule has 0 aromatic carbocycles. The SMILES string of the molecule is C[N+](C)(C)CCCNC(=O)CSCCC(F)(F)C(F)(F)C(F)(F)C(F)(F)C(F)(F)C(F)(F)F. The first-order chi connectivity index (χ1) is 14.4. The van der Waals surface area contributed by atoms with Crippen LogP contribution in [0.5, 0.6) is 0 Å². The summed E-state index contributed by atoms with van der Waals surface area (Å²) in [5.41, 5.74) is 0. The van der Waals surface area contributed by atoms with Gasteiger partial charge in [0.15, 0.2) is 0 Å². The van der Waals surface area contributed by atoms with Crippen molar-refractivity contribution in [2.45, 2.75) is 48.6 Å². The van der Waals surface area contributed by atoms with Crippen LogP contribution in [0.4, 0.5) is 57.1 Å². The minimum atomic E-state index is -7.90. The van der Waals surface area contributed by atoms with Gasteiger partial charge in [0.1, 0.15) is 0 Å². The molecule has 0 unspecified atom stereocenters. The van der Waals surface area contributed by atoms with Crippen molar-refractivity contribution in [3.05, 3.63) is 0 Å². The Morgan fingerprint density at radius 2 is 1.21 bits per heavy atom. The van der Waals surface area contributed by atoms with Crippen molar-refractivity contribution < 1.29 is 66.4 Å². The number of thioether (sulfide) groups is 1. The van der Waals surface area contributed by atoms with Crippen LogP contribution in [0.15, 0.2) is 0 Å². The Morgan fingerprint density at radius 3 is 1.64 bits per heavy atom. The second kappa shape index (κ2) is 10.2. The molecule has 0 aliphatic carbocycles.